The third kappa shape index (κ3) is 7.03. The van der Waals surface area contributed by atoms with E-state index in [4.69, 9.17) is 9.47 Å². The lowest BCUT2D eigenvalue weighted by atomic mass is 9.85. The van der Waals surface area contributed by atoms with Crippen LogP contribution in [0.1, 0.15) is 41.8 Å². The van der Waals surface area contributed by atoms with Crippen molar-refractivity contribution in [3.8, 4) is 28.6 Å². The van der Waals surface area contributed by atoms with Gasteiger partial charge in [0.25, 0.3) is 5.91 Å². The van der Waals surface area contributed by atoms with Crippen molar-refractivity contribution < 1.29 is 14.3 Å². The molecule has 1 saturated heterocycles. The first-order chi connectivity index (χ1) is 20.3. The number of amides is 1. The quantitative estimate of drug-likeness (QED) is 0.257. The van der Waals surface area contributed by atoms with E-state index in [9.17, 15) is 10.1 Å². The second-order valence-electron chi connectivity index (χ2n) is 11.0. The summed E-state index contributed by atoms with van der Waals surface area (Å²) < 4.78 is 13.2. The van der Waals surface area contributed by atoms with E-state index in [1.54, 1.807) is 41.5 Å². The number of pyridine rings is 1. The van der Waals surface area contributed by atoms with Crippen LogP contribution in [0.3, 0.4) is 0 Å². The third-order valence-corrected chi connectivity index (χ3v) is 7.46. The molecule has 1 aliphatic heterocycles. The minimum Gasteiger partial charge on any atom is -0.492 e. The summed E-state index contributed by atoms with van der Waals surface area (Å²) in [6, 6.07) is 17.2. The molecule has 1 amide bonds. The number of aryl methyl sites for hydroxylation is 1. The molecule has 1 N–H and O–H groups in total. The van der Waals surface area contributed by atoms with Crippen LogP contribution in [0.5, 0.6) is 5.75 Å². The highest BCUT2D eigenvalue weighted by atomic mass is 16.5. The van der Waals surface area contributed by atoms with Crippen molar-refractivity contribution in [1.29, 1.82) is 5.26 Å². The molecule has 0 saturated carbocycles. The van der Waals surface area contributed by atoms with Gasteiger partial charge in [0.2, 0.25) is 0 Å². The molecule has 0 bridgehead atoms. The fourth-order valence-corrected chi connectivity index (χ4v) is 4.81. The molecule has 2 aromatic carbocycles. The van der Waals surface area contributed by atoms with Crippen LogP contribution in [0, 0.1) is 18.3 Å². The molecule has 0 unspecified atom stereocenters. The molecule has 9 heteroatoms. The zero-order valence-corrected chi connectivity index (χ0v) is 24.3. The van der Waals surface area contributed by atoms with Crippen LogP contribution in [0.25, 0.3) is 16.8 Å². The first kappa shape index (κ1) is 29.0. The molecular formula is C33H36N6O3. The molecule has 0 atom stereocenters. The molecule has 1 fully saturated rings. The standard InChI is InChI=1S/C33H36N6O3/c1-24-8-9-29(37-32(40)25-6-4-7-28(16-25)33(2,3)23-34)18-31(24)39-22-27(20-36-39)26-17-30(21-35-19-26)42-13-5-10-38-11-14-41-15-12-38/h4,6-9,16-22H,5,10-15H2,1-3H3,(H,37,40). The number of benzene rings is 2. The normalized spacial score (nSPS) is 13.9. The number of morpholine rings is 1. The lowest BCUT2D eigenvalue weighted by Crippen LogP contribution is -2.37. The summed E-state index contributed by atoms with van der Waals surface area (Å²) in [5.74, 6) is 0.486. The van der Waals surface area contributed by atoms with Gasteiger partial charge >= 0.3 is 0 Å². The summed E-state index contributed by atoms with van der Waals surface area (Å²) in [5.41, 5.74) is 4.93. The van der Waals surface area contributed by atoms with Crippen molar-refractivity contribution in [1.82, 2.24) is 19.7 Å². The van der Waals surface area contributed by atoms with Gasteiger partial charge in [-0.25, -0.2) is 4.68 Å². The minimum atomic E-state index is -0.685. The fraction of sp³-hybridized carbons (Fsp3) is 0.333. The number of rotatable bonds is 10. The van der Waals surface area contributed by atoms with Gasteiger partial charge in [0, 0.05) is 54.4 Å². The van der Waals surface area contributed by atoms with Crippen molar-refractivity contribution in [3.63, 3.8) is 0 Å². The molecule has 0 spiro atoms. The summed E-state index contributed by atoms with van der Waals surface area (Å²) in [6.45, 7) is 10.9. The van der Waals surface area contributed by atoms with Crippen molar-refractivity contribution in [2.24, 2.45) is 0 Å². The Kier molecular flexibility index (Phi) is 8.96. The monoisotopic (exact) mass is 564 g/mol. The zero-order valence-electron chi connectivity index (χ0n) is 24.3. The van der Waals surface area contributed by atoms with Gasteiger partial charge in [0.15, 0.2) is 0 Å². The second kappa shape index (κ2) is 13.0. The van der Waals surface area contributed by atoms with Crippen LogP contribution >= 0.6 is 0 Å². The van der Waals surface area contributed by atoms with Gasteiger partial charge in [-0.05, 0) is 68.7 Å². The lowest BCUT2D eigenvalue weighted by Gasteiger charge is -2.26. The molecule has 0 radical (unpaired) electrons. The number of carbonyl (C=O) groups is 1. The van der Waals surface area contributed by atoms with Gasteiger partial charge < -0.3 is 14.8 Å². The van der Waals surface area contributed by atoms with E-state index in [-0.39, 0.29) is 5.91 Å². The van der Waals surface area contributed by atoms with E-state index in [0.29, 0.717) is 17.9 Å². The van der Waals surface area contributed by atoms with E-state index < -0.39 is 5.41 Å². The number of hydrogen-bond acceptors (Lipinski definition) is 7. The summed E-state index contributed by atoms with van der Waals surface area (Å²) in [6.07, 6.45) is 8.22. The van der Waals surface area contributed by atoms with Crippen molar-refractivity contribution in [2.45, 2.75) is 32.6 Å². The summed E-state index contributed by atoms with van der Waals surface area (Å²) in [4.78, 5) is 19.8. The Balaban J connectivity index is 1.25. The average molecular weight is 565 g/mol. The Hall–Kier alpha value is -4.52. The van der Waals surface area contributed by atoms with Crippen molar-refractivity contribution in [3.05, 3.63) is 90.0 Å². The highest BCUT2D eigenvalue weighted by Gasteiger charge is 2.21. The Bertz CT molecular complexity index is 1580. The SMILES string of the molecule is Cc1ccc(NC(=O)c2cccc(C(C)(C)C#N)c2)cc1-n1cc(-c2cncc(OCCCN3CCOCC3)c2)cn1. The van der Waals surface area contributed by atoms with E-state index in [2.05, 4.69) is 26.4 Å². The van der Waals surface area contributed by atoms with Crippen molar-refractivity contribution in [2.75, 3.05) is 44.8 Å². The molecule has 1 aliphatic rings. The number of hydrogen-bond donors (Lipinski definition) is 1. The highest BCUT2D eigenvalue weighted by molar-refractivity contribution is 6.04. The van der Waals surface area contributed by atoms with Crippen LogP contribution in [0.2, 0.25) is 0 Å². The molecule has 42 heavy (non-hydrogen) atoms. The molecular weight excluding hydrogens is 528 g/mol. The summed E-state index contributed by atoms with van der Waals surface area (Å²) in [5, 5.41) is 17.1. The number of nitriles is 1. The number of nitrogens with zero attached hydrogens (tertiary/aromatic N) is 5. The number of carbonyl (C=O) groups excluding carboxylic acids is 1. The van der Waals surface area contributed by atoms with Crippen LogP contribution < -0.4 is 10.1 Å². The third-order valence-electron chi connectivity index (χ3n) is 7.46. The molecule has 0 aliphatic carbocycles. The average Bonchev–Trinajstić information content (AvgIpc) is 3.51. The molecule has 2 aromatic heterocycles. The lowest BCUT2D eigenvalue weighted by molar-refractivity contribution is 0.0358. The Morgan fingerprint density at radius 3 is 2.74 bits per heavy atom. The maximum Gasteiger partial charge on any atom is 0.255 e. The van der Waals surface area contributed by atoms with E-state index >= 15 is 0 Å². The Labute approximate surface area is 246 Å². The Morgan fingerprint density at radius 2 is 1.93 bits per heavy atom. The first-order valence-electron chi connectivity index (χ1n) is 14.2. The van der Waals surface area contributed by atoms with Crippen LogP contribution in [0.15, 0.2) is 73.3 Å². The summed E-state index contributed by atoms with van der Waals surface area (Å²) >= 11 is 0. The number of ether oxygens (including phenoxy) is 2. The van der Waals surface area contributed by atoms with Crippen LogP contribution in [-0.4, -0.2) is 65.0 Å². The maximum atomic E-state index is 13.1. The predicted molar refractivity (Wildman–Crippen MR) is 162 cm³/mol. The highest BCUT2D eigenvalue weighted by Crippen LogP contribution is 2.27. The van der Waals surface area contributed by atoms with Gasteiger partial charge in [0.1, 0.15) is 5.75 Å². The minimum absolute atomic E-state index is 0.241. The van der Waals surface area contributed by atoms with E-state index in [0.717, 1.165) is 73.0 Å². The summed E-state index contributed by atoms with van der Waals surface area (Å²) in [7, 11) is 0. The second-order valence-corrected chi connectivity index (χ2v) is 11.0. The van der Waals surface area contributed by atoms with E-state index in [1.807, 2.05) is 57.3 Å². The van der Waals surface area contributed by atoms with E-state index in [1.165, 1.54) is 0 Å². The van der Waals surface area contributed by atoms with Crippen molar-refractivity contribution >= 4 is 11.6 Å². The maximum absolute atomic E-state index is 13.1. The smallest absolute Gasteiger partial charge is 0.255 e. The predicted octanol–water partition coefficient (Wildman–Crippen LogP) is 5.40. The zero-order chi connectivity index (χ0) is 29.5. The first-order valence-corrected chi connectivity index (χ1v) is 14.2. The molecule has 9 nitrogen and oxygen atoms in total. The number of anilines is 1. The topological polar surface area (TPSA) is 105 Å². The van der Waals surface area contributed by atoms with Crippen LogP contribution in [-0.2, 0) is 10.2 Å². The molecule has 216 valence electrons. The fourth-order valence-electron chi connectivity index (χ4n) is 4.81. The molecule has 5 rings (SSSR count). The van der Waals surface area contributed by atoms with Gasteiger partial charge in [-0.2, -0.15) is 10.4 Å². The van der Waals surface area contributed by atoms with Gasteiger partial charge in [-0.1, -0.05) is 18.2 Å². The Morgan fingerprint density at radius 1 is 1.10 bits per heavy atom. The largest absolute Gasteiger partial charge is 0.492 e. The van der Waals surface area contributed by atoms with Crippen LogP contribution in [0.4, 0.5) is 5.69 Å². The number of aromatic nitrogens is 3. The van der Waals surface area contributed by atoms with Gasteiger partial charge in [-0.15, -0.1) is 0 Å². The molecule has 4 aromatic rings. The molecule has 3 heterocycles. The van der Waals surface area contributed by atoms with Gasteiger partial charge in [-0.3, -0.25) is 14.7 Å². The number of nitrogens with one attached hydrogen (secondary N) is 1. The van der Waals surface area contributed by atoms with Gasteiger partial charge in [0.05, 0.1) is 49.4 Å².